The number of rotatable bonds is 5. The van der Waals surface area contributed by atoms with Crippen molar-refractivity contribution in [3.8, 4) is 0 Å². The monoisotopic (exact) mass is 406 g/mol. The number of nitrogens with one attached hydrogen (secondary N) is 2. The van der Waals surface area contributed by atoms with Gasteiger partial charge in [0.05, 0.1) is 35.7 Å². The van der Waals surface area contributed by atoms with E-state index in [0.717, 1.165) is 40.1 Å². The summed E-state index contributed by atoms with van der Waals surface area (Å²) in [5, 5.41) is 4.97. The topological polar surface area (TPSA) is 82.3 Å². The van der Waals surface area contributed by atoms with Crippen LogP contribution in [-0.2, 0) is 6.42 Å². The summed E-state index contributed by atoms with van der Waals surface area (Å²) in [6.07, 6.45) is 2.53. The van der Waals surface area contributed by atoms with Gasteiger partial charge < -0.3 is 20.9 Å². The lowest BCUT2D eigenvalue weighted by atomic mass is 9.95. The van der Waals surface area contributed by atoms with E-state index in [-0.39, 0.29) is 6.04 Å². The number of hydrogen-bond donors (Lipinski definition) is 3. The van der Waals surface area contributed by atoms with Crippen LogP contribution in [0.2, 0.25) is 5.15 Å². The number of hydrogen-bond acceptors (Lipinski definition) is 4. The number of nitrogens with zero attached hydrogens (tertiary/aromatic N) is 3. The van der Waals surface area contributed by atoms with Crippen molar-refractivity contribution in [3.05, 3.63) is 77.9 Å². The standard InChI is InChI=1S/C22H23ClN6/c1-13(17-9-16-10-21(23)26-11-19(16)28-17)27-18-8-15-6-4-5-7-20(15)29(14(18)2)12-22(24)25-3/h4-7,9-11,18,27-28H,1-2,8,12H2,3H3,(H2,24,25). The SMILES string of the molecule is C=C(NC1Cc2ccccc2N(CC(N)=NC)C1=C)c1cc2cc(Cl)ncc2[nH]1. The summed E-state index contributed by atoms with van der Waals surface area (Å²) < 4.78 is 0. The summed E-state index contributed by atoms with van der Waals surface area (Å²) in [5.74, 6) is 0.556. The first-order chi connectivity index (χ1) is 14.0. The first kappa shape index (κ1) is 19.1. The third-order valence-corrected chi connectivity index (χ3v) is 5.41. The van der Waals surface area contributed by atoms with Crippen LogP contribution in [0.3, 0.4) is 0 Å². The molecule has 1 atom stereocenters. The molecule has 3 aromatic rings. The summed E-state index contributed by atoms with van der Waals surface area (Å²) in [5.41, 5.74) is 11.9. The van der Waals surface area contributed by atoms with Gasteiger partial charge in [-0.1, -0.05) is 43.0 Å². The molecule has 4 N–H and O–H groups in total. The Labute approximate surface area is 174 Å². The summed E-state index contributed by atoms with van der Waals surface area (Å²) in [6.45, 7) is 9.06. The molecule has 1 unspecified atom stereocenters. The van der Waals surface area contributed by atoms with Crippen molar-refractivity contribution in [1.29, 1.82) is 0 Å². The number of nitrogens with two attached hydrogens (primary N) is 1. The number of halogens is 1. The van der Waals surface area contributed by atoms with Gasteiger partial charge in [-0.25, -0.2) is 4.98 Å². The van der Waals surface area contributed by atoms with Crippen molar-refractivity contribution >= 4 is 39.7 Å². The lowest BCUT2D eigenvalue weighted by Crippen LogP contribution is -2.46. The maximum atomic E-state index is 6.02. The number of pyridine rings is 1. The fourth-order valence-electron chi connectivity index (χ4n) is 3.64. The van der Waals surface area contributed by atoms with E-state index >= 15 is 0 Å². The highest BCUT2D eigenvalue weighted by atomic mass is 35.5. The zero-order valence-corrected chi connectivity index (χ0v) is 17.0. The van der Waals surface area contributed by atoms with Crippen molar-refractivity contribution in [2.75, 3.05) is 18.5 Å². The minimum atomic E-state index is -0.0184. The second kappa shape index (κ2) is 7.64. The Balaban J connectivity index is 1.60. The van der Waals surface area contributed by atoms with Crippen molar-refractivity contribution in [1.82, 2.24) is 15.3 Å². The molecular formula is C22H23ClN6. The Morgan fingerprint density at radius 2 is 2.21 bits per heavy atom. The minimum Gasteiger partial charge on any atom is -0.386 e. The molecule has 29 heavy (non-hydrogen) atoms. The van der Waals surface area contributed by atoms with Crippen molar-refractivity contribution < 1.29 is 0 Å². The Hall–Kier alpha value is -3.25. The molecule has 6 nitrogen and oxygen atoms in total. The molecule has 1 aromatic carbocycles. The highest BCUT2D eigenvalue weighted by molar-refractivity contribution is 6.30. The third kappa shape index (κ3) is 3.71. The van der Waals surface area contributed by atoms with Crippen LogP contribution in [0.15, 0.2) is 66.4 Å². The van der Waals surface area contributed by atoms with Crippen molar-refractivity contribution in [3.63, 3.8) is 0 Å². The summed E-state index contributed by atoms with van der Waals surface area (Å²) in [4.78, 5) is 13.7. The first-order valence-corrected chi connectivity index (χ1v) is 9.69. The molecule has 2 aromatic heterocycles. The molecule has 0 bridgehead atoms. The average molecular weight is 407 g/mol. The molecule has 7 heteroatoms. The van der Waals surface area contributed by atoms with Gasteiger partial charge in [0.2, 0.25) is 0 Å². The number of amidine groups is 1. The number of aromatic amines is 1. The zero-order chi connectivity index (χ0) is 20.5. The van der Waals surface area contributed by atoms with Gasteiger partial charge in [0.25, 0.3) is 0 Å². The number of anilines is 1. The van der Waals surface area contributed by atoms with Gasteiger partial charge in [-0.15, -0.1) is 0 Å². The lowest BCUT2D eigenvalue weighted by molar-refractivity contribution is 0.631. The molecule has 0 radical (unpaired) electrons. The number of fused-ring (bicyclic) bond motifs is 2. The zero-order valence-electron chi connectivity index (χ0n) is 16.2. The van der Waals surface area contributed by atoms with Gasteiger partial charge in [-0.2, -0.15) is 0 Å². The molecule has 0 fully saturated rings. The molecular weight excluding hydrogens is 384 g/mol. The van der Waals surface area contributed by atoms with E-state index in [2.05, 4.69) is 50.5 Å². The molecule has 148 valence electrons. The van der Waals surface area contributed by atoms with Gasteiger partial charge in [-0.05, 0) is 23.8 Å². The van der Waals surface area contributed by atoms with Gasteiger partial charge in [0.15, 0.2) is 0 Å². The highest BCUT2D eigenvalue weighted by Crippen LogP contribution is 2.33. The Morgan fingerprint density at radius 3 is 3.00 bits per heavy atom. The number of benzene rings is 1. The van der Waals surface area contributed by atoms with Crippen LogP contribution in [0.25, 0.3) is 16.6 Å². The van der Waals surface area contributed by atoms with Crippen LogP contribution in [0.1, 0.15) is 11.3 Å². The quantitative estimate of drug-likeness (QED) is 0.342. The van der Waals surface area contributed by atoms with Gasteiger partial charge in [0.1, 0.15) is 11.0 Å². The van der Waals surface area contributed by atoms with Crippen LogP contribution in [0.4, 0.5) is 5.69 Å². The molecule has 1 aliphatic heterocycles. The van der Waals surface area contributed by atoms with E-state index in [1.165, 1.54) is 5.56 Å². The van der Waals surface area contributed by atoms with Crippen molar-refractivity contribution in [2.45, 2.75) is 12.5 Å². The predicted octanol–water partition coefficient (Wildman–Crippen LogP) is 3.71. The molecule has 0 amide bonds. The van der Waals surface area contributed by atoms with Gasteiger partial charge >= 0.3 is 0 Å². The molecule has 0 spiro atoms. The summed E-state index contributed by atoms with van der Waals surface area (Å²) >= 11 is 6.00. The van der Waals surface area contributed by atoms with Crippen LogP contribution in [0, 0.1) is 0 Å². The van der Waals surface area contributed by atoms with E-state index in [4.69, 9.17) is 17.3 Å². The normalized spacial score (nSPS) is 16.8. The van der Waals surface area contributed by atoms with E-state index in [1.807, 2.05) is 24.3 Å². The van der Waals surface area contributed by atoms with Crippen LogP contribution >= 0.6 is 11.6 Å². The third-order valence-electron chi connectivity index (χ3n) is 5.21. The van der Waals surface area contributed by atoms with E-state index in [1.54, 1.807) is 13.2 Å². The van der Waals surface area contributed by atoms with Gasteiger partial charge in [-0.3, -0.25) is 4.99 Å². The smallest absolute Gasteiger partial charge is 0.129 e. The van der Waals surface area contributed by atoms with E-state index in [0.29, 0.717) is 17.5 Å². The molecule has 3 heterocycles. The Kier molecular flexibility index (Phi) is 5.03. The molecule has 1 aliphatic rings. The van der Waals surface area contributed by atoms with E-state index in [9.17, 15) is 0 Å². The second-order valence-electron chi connectivity index (χ2n) is 7.08. The molecule has 4 rings (SSSR count). The van der Waals surface area contributed by atoms with Crippen LogP contribution in [0.5, 0.6) is 0 Å². The number of H-pyrrole nitrogens is 1. The largest absolute Gasteiger partial charge is 0.386 e. The highest BCUT2D eigenvalue weighted by Gasteiger charge is 2.28. The maximum Gasteiger partial charge on any atom is 0.129 e. The number of para-hydroxylation sites is 1. The lowest BCUT2D eigenvalue weighted by Gasteiger charge is -2.38. The molecule has 0 saturated carbocycles. The fraction of sp³-hybridized carbons (Fsp3) is 0.182. The minimum absolute atomic E-state index is 0.0184. The predicted molar refractivity (Wildman–Crippen MR) is 121 cm³/mol. The summed E-state index contributed by atoms with van der Waals surface area (Å²) in [6, 6.07) is 12.1. The number of aliphatic imine (C=N–C) groups is 1. The second-order valence-corrected chi connectivity index (χ2v) is 7.47. The van der Waals surface area contributed by atoms with Crippen LogP contribution in [-0.4, -0.2) is 35.4 Å². The molecule has 0 aliphatic carbocycles. The summed E-state index contributed by atoms with van der Waals surface area (Å²) in [7, 11) is 1.70. The van der Waals surface area contributed by atoms with Crippen LogP contribution < -0.4 is 16.0 Å². The average Bonchev–Trinajstić information content (AvgIpc) is 3.14. The Morgan fingerprint density at radius 1 is 1.41 bits per heavy atom. The Bertz CT molecular complexity index is 1130. The fourth-order valence-corrected chi connectivity index (χ4v) is 3.80. The van der Waals surface area contributed by atoms with Gasteiger partial charge in [0, 0.05) is 30.2 Å². The number of aromatic nitrogens is 2. The first-order valence-electron chi connectivity index (χ1n) is 9.31. The maximum absolute atomic E-state index is 6.02. The van der Waals surface area contributed by atoms with E-state index < -0.39 is 0 Å². The van der Waals surface area contributed by atoms with Crippen molar-refractivity contribution in [2.24, 2.45) is 10.7 Å². The molecule has 0 saturated heterocycles.